The van der Waals surface area contributed by atoms with Gasteiger partial charge in [0.15, 0.2) is 0 Å². The highest BCUT2D eigenvalue weighted by Crippen LogP contribution is 2.24. The van der Waals surface area contributed by atoms with Gasteiger partial charge in [0.05, 0.1) is 0 Å². The average molecular weight is 224 g/mol. The van der Waals surface area contributed by atoms with Gasteiger partial charge < -0.3 is 9.80 Å². The van der Waals surface area contributed by atoms with Crippen LogP contribution >= 0.6 is 11.3 Å². The van der Waals surface area contributed by atoms with Gasteiger partial charge in [-0.25, -0.2) is 4.79 Å². The Kier molecular flexibility index (Phi) is 2.95. The third-order valence-electron chi connectivity index (χ3n) is 2.88. The van der Waals surface area contributed by atoms with E-state index < -0.39 is 0 Å². The van der Waals surface area contributed by atoms with Crippen LogP contribution in [0.3, 0.4) is 0 Å². The fourth-order valence-electron chi connectivity index (χ4n) is 1.79. The zero-order valence-electron chi connectivity index (χ0n) is 9.19. The first-order chi connectivity index (χ1) is 7.22. The summed E-state index contributed by atoms with van der Waals surface area (Å²) in [6, 6.07) is 2.28. The van der Waals surface area contributed by atoms with Crippen LogP contribution in [0.5, 0.6) is 0 Å². The summed E-state index contributed by atoms with van der Waals surface area (Å²) in [7, 11) is 1.85. The van der Waals surface area contributed by atoms with Gasteiger partial charge in [0.25, 0.3) is 0 Å². The fourth-order valence-corrected chi connectivity index (χ4v) is 2.68. The van der Waals surface area contributed by atoms with E-state index in [1.165, 1.54) is 10.4 Å². The third kappa shape index (κ3) is 2.00. The molecule has 0 aromatic carbocycles. The van der Waals surface area contributed by atoms with Crippen LogP contribution in [0.4, 0.5) is 4.79 Å². The second kappa shape index (κ2) is 4.23. The van der Waals surface area contributed by atoms with Crippen molar-refractivity contribution in [3.8, 4) is 0 Å². The zero-order chi connectivity index (χ0) is 10.8. The van der Waals surface area contributed by atoms with Gasteiger partial charge in [-0.05, 0) is 30.4 Å². The number of urea groups is 1. The summed E-state index contributed by atoms with van der Waals surface area (Å²) in [4.78, 5) is 17.0. The maximum absolute atomic E-state index is 11.9. The first kappa shape index (κ1) is 10.5. The molecule has 0 spiro atoms. The number of hydrogen-bond donors (Lipinski definition) is 0. The summed E-state index contributed by atoms with van der Waals surface area (Å²) in [5.74, 6) is 0. The largest absolute Gasteiger partial charge is 0.328 e. The molecule has 0 aliphatic carbocycles. The Morgan fingerprint density at radius 3 is 3.20 bits per heavy atom. The van der Waals surface area contributed by atoms with Gasteiger partial charge in [0, 0.05) is 31.6 Å². The molecule has 0 saturated carbocycles. The molecule has 1 aliphatic heterocycles. The molecule has 2 amide bonds. The summed E-state index contributed by atoms with van der Waals surface area (Å²) in [5.41, 5.74) is 1.32. The maximum Gasteiger partial charge on any atom is 0.320 e. The van der Waals surface area contributed by atoms with E-state index in [1.807, 2.05) is 18.9 Å². The standard InChI is InChI=1S/C11H16N2OS/c1-3-12(2)11(14)13-6-4-10-9(8-13)5-7-15-10/h5,7H,3-4,6,8H2,1-2H3. The van der Waals surface area contributed by atoms with Crippen LogP contribution in [0, 0.1) is 0 Å². The van der Waals surface area contributed by atoms with Crippen molar-refractivity contribution < 1.29 is 4.79 Å². The lowest BCUT2D eigenvalue weighted by Crippen LogP contribution is -2.43. The van der Waals surface area contributed by atoms with E-state index in [1.54, 1.807) is 16.2 Å². The summed E-state index contributed by atoms with van der Waals surface area (Å²) in [6.45, 7) is 4.41. The summed E-state index contributed by atoms with van der Waals surface area (Å²) >= 11 is 1.80. The summed E-state index contributed by atoms with van der Waals surface area (Å²) in [6.07, 6.45) is 1.01. The predicted octanol–water partition coefficient (Wildman–Crippen LogP) is 2.18. The Balaban J connectivity index is 2.06. The molecule has 15 heavy (non-hydrogen) atoms. The highest BCUT2D eigenvalue weighted by molar-refractivity contribution is 7.10. The second-order valence-electron chi connectivity index (χ2n) is 3.84. The monoisotopic (exact) mass is 224 g/mol. The molecule has 1 aromatic heterocycles. The van der Waals surface area contributed by atoms with E-state index in [9.17, 15) is 4.79 Å². The molecular weight excluding hydrogens is 208 g/mol. The van der Waals surface area contributed by atoms with Crippen molar-refractivity contribution in [1.82, 2.24) is 9.80 Å². The minimum Gasteiger partial charge on any atom is -0.328 e. The molecule has 0 radical (unpaired) electrons. The van der Waals surface area contributed by atoms with Crippen LogP contribution < -0.4 is 0 Å². The van der Waals surface area contributed by atoms with Crippen LogP contribution in [0.2, 0.25) is 0 Å². The molecule has 4 heteroatoms. The first-order valence-corrected chi connectivity index (χ1v) is 6.15. The number of hydrogen-bond acceptors (Lipinski definition) is 2. The molecule has 1 aromatic rings. The molecule has 0 unspecified atom stereocenters. The zero-order valence-corrected chi connectivity index (χ0v) is 10.0. The number of rotatable bonds is 1. The van der Waals surface area contributed by atoms with Crippen molar-refractivity contribution in [1.29, 1.82) is 0 Å². The third-order valence-corrected chi connectivity index (χ3v) is 3.90. The smallest absolute Gasteiger partial charge is 0.320 e. The number of carbonyl (C=O) groups is 1. The molecular formula is C11H16N2OS. The van der Waals surface area contributed by atoms with Crippen molar-refractivity contribution in [2.45, 2.75) is 19.9 Å². The van der Waals surface area contributed by atoms with Crippen LogP contribution in [-0.2, 0) is 13.0 Å². The Labute approximate surface area is 94.3 Å². The predicted molar refractivity (Wildman–Crippen MR) is 62.1 cm³/mol. The maximum atomic E-state index is 11.9. The van der Waals surface area contributed by atoms with E-state index in [2.05, 4.69) is 11.4 Å². The van der Waals surface area contributed by atoms with Crippen molar-refractivity contribution in [2.75, 3.05) is 20.1 Å². The summed E-state index contributed by atoms with van der Waals surface area (Å²) in [5, 5.41) is 2.11. The van der Waals surface area contributed by atoms with Crippen molar-refractivity contribution >= 4 is 17.4 Å². The van der Waals surface area contributed by atoms with Crippen molar-refractivity contribution in [3.63, 3.8) is 0 Å². The number of fused-ring (bicyclic) bond motifs is 1. The Hall–Kier alpha value is -1.03. The van der Waals surface area contributed by atoms with E-state index >= 15 is 0 Å². The molecule has 2 heterocycles. The Bertz CT molecular complexity index is 361. The second-order valence-corrected chi connectivity index (χ2v) is 4.84. The van der Waals surface area contributed by atoms with Gasteiger partial charge in [0.2, 0.25) is 0 Å². The minimum atomic E-state index is 0.148. The quantitative estimate of drug-likeness (QED) is 0.717. The summed E-state index contributed by atoms with van der Waals surface area (Å²) < 4.78 is 0. The molecule has 0 saturated heterocycles. The average Bonchev–Trinajstić information content (AvgIpc) is 2.73. The molecule has 1 aliphatic rings. The van der Waals surface area contributed by atoms with E-state index in [4.69, 9.17) is 0 Å². The van der Waals surface area contributed by atoms with E-state index in [0.717, 1.165) is 26.1 Å². The Morgan fingerprint density at radius 2 is 2.47 bits per heavy atom. The van der Waals surface area contributed by atoms with Crippen LogP contribution in [0.15, 0.2) is 11.4 Å². The lowest BCUT2D eigenvalue weighted by Gasteiger charge is -2.30. The molecule has 0 bridgehead atoms. The van der Waals surface area contributed by atoms with Crippen molar-refractivity contribution in [3.05, 3.63) is 21.9 Å². The van der Waals surface area contributed by atoms with Gasteiger partial charge in [0.1, 0.15) is 0 Å². The van der Waals surface area contributed by atoms with Gasteiger partial charge >= 0.3 is 6.03 Å². The van der Waals surface area contributed by atoms with E-state index in [0.29, 0.717) is 0 Å². The molecule has 0 atom stereocenters. The fraction of sp³-hybridized carbons (Fsp3) is 0.545. The normalized spacial score (nSPS) is 14.9. The number of carbonyl (C=O) groups excluding carboxylic acids is 1. The molecule has 3 nitrogen and oxygen atoms in total. The first-order valence-electron chi connectivity index (χ1n) is 5.27. The molecule has 0 N–H and O–H groups in total. The topological polar surface area (TPSA) is 23.6 Å². The van der Waals surface area contributed by atoms with Crippen LogP contribution in [-0.4, -0.2) is 36.0 Å². The lowest BCUT2D eigenvalue weighted by atomic mass is 10.1. The van der Waals surface area contributed by atoms with Gasteiger partial charge in [-0.1, -0.05) is 0 Å². The van der Waals surface area contributed by atoms with Crippen molar-refractivity contribution in [2.24, 2.45) is 0 Å². The van der Waals surface area contributed by atoms with Crippen LogP contribution in [0.25, 0.3) is 0 Å². The van der Waals surface area contributed by atoms with Gasteiger partial charge in [-0.15, -0.1) is 11.3 Å². The SMILES string of the molecule is CCN(C)C(=O)N1CCc2sccc2C1. The molecule has 0 fully saturated rings. The highest BCUT2D eigenvalue weighted by atomic mass is 32.1. The number of amides is 2. The molecule has 82 valence electrons. The van der Waals surface area contributed by atoms with Gasteiger partial charge in [-0.3, -0.25) is 0 Å². The number of thiophene rings is 1. The van der Waals surface area contributed by atoms with Gasteiger partial charge in [-0.2, -0.15) is 0 Å². The van der Waals surface area contributed by atoms with E-state index in [-0.39, 0.29) is 6.03 Å². The van der Waals surface area contributed by atoms with Crippen LogP contribution in [0.1, 0.15) is 17.4 Å². The minimum absolute atomic E-state index is 0.148. The number of nitrogens with zero attached hydrogens (tertiary/aromatic N) is 2. The Morgan fingerprint density at radius 1 is 1.67 bits per heavy atom. The lowest BCUT2D eigenvalue weighted by molar-refractivity contribution is 0.160. The highest BCUT2D eigenvalue weighted by Gasteiger charge is 2.22. The molecule has 2 rings (SSSR count).